The Hall–Kier alpha value is -6.23. The molecule has 4 heterocycles. The maximum absolute atomic E-state index is 2.47. The molecule has 3 aromatic heterocycles. The minimum absolute atomic E-state index is 1.15. The number of pyridine rings is 1. The van der Waals surface area contributed by atoms with Crippen molar-refractivity contribution in [2.75, 3.05) is 4.90 Å². The zero-order chi connectivity index (χ0) is 32.8. The van der Waals surface area contributed by atoms with Crippen LogP contribution in [0.15, 0.2) is 186 Å². The van der Waals surface area contributed by atoms with Crippen molar-refractivity contribution in [2.24, 2.45) is 0 Å². The highest BCUT2D eigenvalue weighted by atomic mass is 32.2. The van der Waals surface area contributed by atoms with Crippen molar-refractivity contribution in [3.05, 3.63) is 176 Å². The smallest absolute Gasteiger partial charge is 0.131 e. The molecule has 0 atom stereocenters. The summed E-state index contributed by atoms with van der Waals surface area (Å²) in [4.78, 5) is 4.93. The lowest BCUT2D eigenvalue weighted by Gasteiger charge is -2.32. The van der Waals surface area contributed by atoms with Crippen LogP contribution in [0, 0.1) is 0 Å². The number of fused-ring (bicyclic) bond motifs is 12. The van der Waals surface area contributed by atoms with Crippen LogP contribution in [0.1, 0.15) is 0 Å². The third-order valence-corrected chi connectivity index (χ3v) is 11.4. The summed E-state index contributed by atoms with van der Waals surface area (Å²) in [7, 11) is 0. The van der Waals surface area contributed by atoms with E-state index in [9.17, 15) is 0 Å². The van der Waals surface area contributed by atoms with E-state index in [4.69, 9.17) is 0 Å². The second kappa shape index (κ2) is 10.6. The molecule has 0 N–H and O–H groups in total. The summed E-state index contributed by atoms with van der Waals surface area (Å²) in [6.07, 6.45) is 0. The summed E-state index contributed by atoms with van der Waals surface area (Å²) in [5, 5.41) is 6.31. The topological polar surface area (TPSA) is 12.6 Å². The molecule has 234 valence electrons. The number of aromatic nitrogens is 2. The Balaban J connectivity index is 1.13. The Morgan fingerprint density at radius 3 is 1.70 bits per heavy atom. The Morgan fingerprint density at radius 2 is 0.960 bits per heavy atom. The maximum atomic E-state index is 2.47. The van der Waals surface area contributed by atoms with Crippen LogP contribution < -0.4 is 4.90 Å². The van der Waals surface area contributed by atoms with Crippen LogP contribution in [0.5, 0.6) is 0 Å². The molecule has 1 aliphatic heterocycles. The quantitative estimate of drug-likeness (QED) is 0.176. The van der Waals surface area contributed by atoms with Gasteiger partial charge in [0.2, 0.25) is 0 Å². The van der Waals surface area contributed by atoms with E-state index in [2.05, 4.69) is 190 Å². The standard InChI is InChI=1S/C46H29N3S/c1-2-12-32(13-3-1)48-40-27-24-31(30-22-25-33(26-23-30)47-41-18-8-10-20-44(41)50-45-21-11-9-19-42(45)47)28-37(40)38-29-43-36-16-5-4-14-34(36)35-15-6-7-17-39(35)49(43)46(38)48/h1-29H. The van der Waals surface area contributed by atoms with Gasteiger partial charge in [0.1, 0.15) is 5.65 Å². The van der Waals surface area contributed by atoms with Gasteiger partial charge in [0.25, 0.3) is 0 Å². The predicted molar refractivity (Wildman–Crippen MR) is 211 cm³/mol. The van der Waals surface area contributed by atoms with Crippen molar-refractivity contribution in [3.8, 4) is 16.8 Å². The Bertz CT molecular complexity index is 2910. The zero-order valence-electron chi connectivity index (χ0n) is 27.0. The van der Waals surface area contributed by atoms with Gasteiger partial charge in [-0.15, -0.1) is 0 Å². The fraction of sp³-hybridized carbons (Fsp3) is 0. The highest BCUT2D eigenvalue weighted by Crippen LogP contribution is 2.51. The average Bonchev–Trinajstić information content (AvgIpc) is 3.73. The lowest BCUT2D eigenvalue weighted by Crippen LogP contribution is -2.14. The van der Waals surface area contributed by atoms with E-state index in [-0.39, 0.29) is 0 Å². The van der Waals surface area contributed by atoms with E-state index in [0.717, 1.165) is 11.4 Å². The van der Waals surface area contributed by atoms with Gasteiger partial charge in [-0.25, -0.2) is 0 Å². The van der Waals surface area contributed by atoms with Crippen LogP contribution in [0.4, 0.5) is 17.1 Å². The number of anilines is 3. The largest absolute Gasteiger partial charge is 0.308 e. The first kappa shape index (κ1) is 27.7. The van der Waals surface area contributed by atoms with Gasteiger partial charge < -0.3 is 4.90 Å². The number of benzene rings is 7. The van der Waals surface area contributed by atoms with Gasteiger partial charge in [0, 0.05) is 42.7 Å². The molecule has 0 saturated heterocycles. The number of hydrogen-bond acceptors (Lipinski definition) is 2. The lowest BCUT2D eigenvalue weighted by molar-refractivity contribution is 1.12. The Labute approximate surface area is 293 Å². The molecule has 0 fully saturated rings. The second-order valence-electron chi connectivity index (χ2n) is 13.0. The summed E-state index contributed by atoms with van der Waals surface area (Å²) in [5.41, 5.74) is 12.0. The normalized spacial score (nSPS) is 12.7. The van der Waals surface area contributed by atoms with Crippen LogP contribution in [0.3, 0.4) is 0 Å². The van der Waals surface area contributed by atoms with E-state index in [1.54, 1.807) is 0 Å². The average molecular weight is 656 g/mol. The van der Waals surface area contributed by atoms with Gasteiger partial charge >= 0.3 is 0 Å². The molecule has 50 heavy (non-hydrogen) atoms. The van der Waals surface area contributed by atoms with E-state index in [0.29, 0.717) is 0 Å². The van der Waals surface area contributed by atoms with Crippen molar-refractivity contribution in [2.45, 2.75) is 9.79 Å². The van der Waals surface area contributed by atoms with Crippen LogP contribution in [-0.2, 0) is 0 Å². The van der Waals surface area contributed by atoms with Crippen LogP contribution in [0.2, 0.25) is 0 Å². The van der Waals surface area contributed by atoms with E-state index >= 15 is 0 Å². The SMILES string of the molecule is c1ccc(-n2c3ccc(-c4ccc(N5c6ccccc6Sc6ccccc65)cc4)cc3c3cc4c5ccccc5c5ccccc5n4c32)cc1. The number of para-hydroxylation sites is 4. The molecule has 11 rings (SSSR count). The molecule has 4 heteroatoms. The number of hydrogen-bond donors (Lipinski definition) is 0. The zero-order valence-corrected chi connectivity index (χ0v) is 27.8. The summed E-state index contributed by atoms with van der Waals surface area (Å²) in [6.45, 7) is 0. The van der Waals surface area contributed by atoms with Crippen molar-refractivity contribution < 1.29 is 0 Å². The van der Waals surface area contributed by atoms with Gasteiger partial charge in [-0.3, -0.25) is 8.97 Å². The van der Waals surface area contributed by atoms with E-state index < -0.39 is 0 Å². The monoisotopic (exact) mass is 655 g/mol. The molecule has 7 aromatic carbocycles. The molecule has 0 amide bonds. The Kier molecular flexibility index (Phi) is 5.89. The van der Waals surface area contributed by atoms with Crippen molar-refractivity contribution in [1.29, 1.82) is 0 Å². The summed E-state index contributed by atoms with van der Waals surface area (Å²) in [5.74, 6) is 0. The first-order valence-electron chi connectivity index (χ1n) is 17.0. The molecule has 0 radical (unpaired) electrons. The van der Waals surface area contributed by atoms with E-state index in [1.807, 2.05) is 11.8 Å². The molecule has 0 aliphatic carbocycles. The highest BCUT2D eigenvalue weighted by Gasteiger charge is 2.25. The molecular formula is C46H29N3S. The molecule has 0 spiro atoms. The van der Waals surface area contributed by atoms with Crippen molar-refractivity contribution in [3.63, 3.8) is 0 Å². The predicted octanol–water partition coefficient (Wildman–Crippen LogP) is 12.9. The molecular weight excluding hydrogens is 627 g/mol. The van der Waals surface area contributed by atoms with Gasteiger partial charge in [-0.1, -0.05) is 115 Å². The minimum Gasteiger partial charge on any atom is -0.308 e. The fourth-order valence-electron chi connectivity index (χ4n) is 8.06. The molecule has 0 unspecified atom stereocenters. The molecule has 3 nitrogen and oxygen atoms in total. The number of nitrogens with zero attached hydrogens (tertiary/aromatic N) is 3. The Morgan fingerprint density at radius 1 is 0.360 bits per heavy atom. The molecule has 0 saturated carbocycles. The second-order valence-corrected chi connectivity index (χ2v) is 14.1. The van der Waals surface area contributed by atoms with Gasteiger partial charge in [0.15, 0.2) is 0 Å². The summed E-state index contributed by atoms with van der Waals surface area (Å²) in [6, 6.07) is 64.2. The highest BCUT2D eigenvalue weighted by molar-refractivity contribution is 7.99. The first-order chi connectivity index (χ1) is 24.8. The maximum Gasteiger partial charge on any atom is 0.131 e. The van der Waals surface area contributed by atoms with Crippen LogP contribution in [-0.4, -0.2) is 8.97 Å². The summed E-state index contributed by atoms with van der Waals surface area (Å²) >= 11 is 1.84. The molecule has 1 aliphatic rings. The molecule has 0 bridgehead atoms. The number of rotatable bonds is 3. The van der Waals surface area contributed by atoms with Crippen LogP contribution >= 0.6 is 11.8 Å². The van der Waals surface area contributed by atoms with Gasteiger partial charge in [-0.2, -0.15) is 0 Å². The molecule has 10 aromatic rings. The third kappa shape index (κ3) is 3.94. The summed E-state index contributed by atoms with van der Waals surface area (Å²) < 4.78 is 4.91. The lowest BCUT2D eigenvalue weighted by atomic mass is 10.0. The minimum atomic E-state index is 1.15. The van der Waals surface area contributed by atoms with Crippen molar-refractivity contribution >= 4 is 78.0 Å². The fourth-order valence-corrected chi connectivity index (χ4v) is 9.12. The van der Waals surface area contributed by atoms with Crippen LogP contribution in [0.25, 0.3) is 65.9 Å². The van der Waals surface area contributed by atoms with Gasteiger partial charge in [-0.05, 0) is 89.3 Å². The first-order valence-corrected chi connectivity index (χ1v) is 17.8. The van der Waals surface area contributed by atoms with E-state index in [1.165, 1.54) is 81.4 Å². The van der Waals surface area contributed by atoms with Gasteiger partial charge in [0.05, 0.1) is 27.9 Å². The van der Waals surface area contributed by atoms with Crippen molar-refractivity contribution in [1.82, 2.24) is 8.97 Å². The third-order valence-electron chi connectivity index (χ3n) is 10.3.